The Kier molecular flexibility index (Phi) is 5.09. The van der Waals surface area contributed by atoms with E-state index in [1.54, 1.807) is 18.2 Å². The Morgan fingerprint density at radius 2 is 1.43 bits per heavy atom. The van der Waals surface area contributed by atoms with Gasteiger partial charge in [0.2, 0.25) is 0 Å². The monoisotopic (exact) mass is 422 g/mol. The Labute approximate surface area is 173 Å². The summed E-state index contributed by atoms with van der Waals surface area (Å²) in [5.74, 6) is -0.175. The van der Waals surface area contributed by atoms with Crippen LogP contribution in [0.5, 0.6) is 0 Å². The second-order valence-electron chi connectivity index (χ2n) is 6.86. The van der Waals surface area contributed by atoms with Crippen molar-refractivity contribution in [3.8, 4) is 0 Å². The Morgan fingerprint density at radius 1 is 0.800 bits per heavy atom. The van der Waals surface area contributed by atoms with E-state index in [0.717, 1.165) is 17.3 Å². The fourth-order valence-electron chi connectivity index (χ4n) is 3.10. The highest BCUT2D eigenvalue weighted by atomic mass is 32.2. The molecule has 152 valence electrons. The molecule has 0 bridgehead atoms. The van der Waals surface area contributed by atoms with Crippen molar-refractivity contribution in [1.29, 1.82) is 0 Å². The van der Waals surface area contributed by atoms with E-state index < -0.39 is 15.8 Å². The number of anilines is 3. The number of benzene rings is 3. The minimum Gasteiger partial charge on any atom is -0.337 e. The summed E-state index contributed by atoms with van der Waals surface area (Å²) in [6.45, 7) is 3.47. The number of aryl methyl sites for hydroxylation is 2. The van der Waals surface area contributed by atoms with E-state index in [1.807, 2.05) is 37.3 Å². The van der Waals surface area contributed by atoms with Gasteiger partial charge in [-0.1, -0.05) is 30.3 Å². The fraction of sp³-hybridized carbons (Fsp3) is 0.0909. The third-order valence-corrected chi connectivity index (χ3v) is 6.13. The zero-order valence-electron chi connectivity index (χ0n) is 16.3. The molecule has 0 saturated heterocycles. The van der Waals surface area contributed by atoms with Crippen LogP contribution in [0.1, 0.15) is 11.1 Å². The minimum atomic E-state index is -4.01. The molecule has 0 spiro atoms. The average molecular weight is 422 g/mol. The molecule has 6 nitrogen and oxygen atoms in total. The van der Waals surface area contributed by atoms with Crippen LogP contribution in [0, 0.1) is 19.7 Å². The minimum absolute atomic E-state index is 0.0271. The molecule has 30 heavy (non-hydrogen) atoms. The van der Waals surface area contributed by atoms with Crippen molar-refractivity contribution in [1.82, 2.24) is 9.97 Å². The molecule has 0 radical (unpaired) electrons. The topological polar surface area (TPSA) is 84.0 Å². The summed E-state index contributed by atoms with van der Waals surface area (Å²) in [7, 11) is -4.01. The molecule has 4 aromatic rings. The zero-order valence-corrected chi connectivity index (χ0v) is 17.2. The molecule has 8 heteroatoms. The normalized spacial score (nSPS) is 11.4. The molecule has 0 fully saturated rings. The third kappa shape index (κ3) is 3.95. The highest BCUT2D eigenvalue weighted by Crippen LogP contribution is 2.29. The number of sulfonamides is 1. The van der Waals surface area contributed by atoms with Crippen LogP contribution in [0.4, 0.5) is 21.7 Å². The Bertz CT molecular complexity index is 1360. The summed E-state index contributed by atoms with van der Waals surface area (Å²) in [5, 5.41) is 3.17. The SMILES string of the molecule is Cc1ccccc1Nc1nc2ccccc2nc1NS(=O)(=O)c1ccc(F)cc1C. The van der Waals surface area contributed by atoms with Crippen molar-refractivity contribution in [2.24, 2.45) is 0 Å². The summed E-state index contributed by atoms with van der Waals surface area (Å²) in [5.41, 5.74) is 3.21. The van der Waals surface area contributed by atoms with Crippen molar-refractivity contribution in [3.63, 3.8) is 0 Å². The lowest BCUT2D eigenvalue weighted by molar-refractivity contribution is 0.598. The maximum Gasteiger partial charge on any atom is 0.263 e. The number of halogens is 1. The van der Waals surface area contributed by atoms with Gasteiger partial charge in [-0.25, -0.2) is 22.8 Å². The summed E-state index contributed by atoms with van der Waals surface area (Å²) in [6, 6.07) is 18.3. The van der Waals surface area contributed by atoms with E-state index >= 15 is 0 Å². The molecule has 1 heterocycles. The van der Waals surface area contributed by atoms with E-state index in [2.05, 4.69) is 20.0 Å². The van der Waals surface area contributed by atoms with E-state index in [-0.39, 0.29) is 16.5 Å². The molecule has 0 saturated carbocycles. The van der Waals surface area contributed by atoms with Crippen molar-refractivity contribution in [2.75, 3.05) is 10.0 Å². The highest BCUT2D eigenvalue weighted by Gasteiger charge is 2.21. The van der Waals surface area contributed by atoms with Gasteiger partial charge in [0.05, 0.1) is 15.9 Å². The second-order valence-corrected chi connectivity index (χ2v) is 8.52. The summed E-state index contributed by atoms with van der Waals surface area (Å²) < 4.78 is 42.0. The van der Waals surface area contributed by atoms with Gasteiger partial charge in [0.1, 0.15) is 5.82 Å². The molecular weight excluding hydrogens is 403 g/mol. The van der Waals surface area contributed by atoms with Crippen LogP contribution in [-0.2, 0) is 10.0 Å². The third-order valence-electron chi connectivity index (χ3n) is 4.63. The van der Waals surface area contributed by atoms with E-state index in [0.29, 0.717) is 16.6 Å². The number of para-hydroxylation sites is 3. The van der Waals surface area contributed by atoms with Crippen LogP contribution < -0.4 is 10.0 Å². The first-order chi connectivity index (χ1) is 14.3. The van der Waals surface area contributed by atoms with Crippen molar-refractivity contribution >= 4 is 38.4 Å². The number of nitrogens with one attached hydrogen (secondary N) is 2. The average Bonchev–Trinajstić information content (AvgIpc) is 2.69. The number of aromatic nitrogens is 2. The van der Waals surface area contributed by atoms with Crippen LogP contribution in [0.15, 0.2) is 71.6 Å². The summed E-state index contributed by atoms with van der Waals surface area (Å²) in [4.78, 5) is 9.01. The molecule has 0 atom stereocenters. The molecule has 0 aliphatic heterocycles. The van der Waals surface area contributed by atoms with Gasteiger partial charge in [-0.05, 0) is 61.4 Å². The molecule has 1 aromatic heterocycles. The largest absolute Gasteiger partial charge is 0.337 e. The maximum absolute atomic E-state index is 13.4. The predicted octanol–water partition coefficient (Wildman–Crippen LogP) is 4.93. The second kappa shape index (κ2) is 7.72. The molecule has 0 aliphatic carbocycles. The number of hydrogen-bond acceptors (Lipinski definition) is 5. The first kappa shape index (κ1) is 19.8. The molecular formula is C22H19FN4O2S. The van der Waals surface area contributed by atoms with Crippen molar-refractivity contribution < 1.29 is 12.8 Å². The van der Waals surface area contributed by atoms with Gasteiger partial charge >= 0.3 is 0 Å². The maximum atomic E-state index is 13.4. The van der Waals surface area contributed by atoms with Gasteiger partial charge in [-0.15, -0.1) is 0 Å². The van der Waals surface area contributed by atoms with Crippen LogP contribution in [0.3, 0.4) is 0 Å². The summed E-state index contributed by atoms with van der Waals surface area (Å²) in [6.07, 6.45) is 0. The van der Waals surface area contributed by atoms with Crippen LogP contribution in [-0.4, -0.2) is 18.4 Å². The van der Waals surface area contributed by atoms with Gasteiger partial charge in [0.15, 0.2) is 11.6 Å². The summed E-state index contributed by atoms with van der Waals surface area (Å²) >= 11 is 0. The number of nitrogens with zero attached hydrogens (tertiary/aromatic N) is 2. The Balaban J connectivity index is 1.81. The molecule has 3 aromatic carbocycles. The van der Waals surface area contributed by atoms with Gasteiger partial charge in [0.25, 0.3) is 10.0 Å². The van der Waals surface area contributed by atoms with Gasteiger partial charge < -0.3 is 5.32 Å². The molecule has 2 N–H and O–H groups in total. The first-order valence-electron chi connectivity index (χ1n) is 9.22. The highest BCUT2D eigenvalue weighted by molar-refractivity contribution is 7.92. The van der Waals surface area contributed by atoms with E-state index in [9.17, 15) is 12.8 Å². The Hall–Kier alpha value is -3.52. The number of fused-ring (bicyclic) bond motifs is 1. The molecule has 0 unspecified atom stereocenters. The first-order valence-corrected chi connectivity index (χ1v) is 10.7. The quantitative estimate of drug-likeness (QED) is 0.476. The van der Waals surface area contributed by atoms with Gasteiger partial charge in [0, 0.05) is 5.69 Å². The predicted molar refractivity (Wildman–Crippen MR) is 116 cm³/mol. The van der Waals surface area contributed by atoms with Crippen molar-refractivity contribution in [2.45, 2.75) is 18.7 Å². The lowest BCUT2D eigenvalue weighted by Crippen LogP contribution is -2.17. The number of rotatable bonds is 5. The Morgan fingerprint density at radius 3 is 2.10 bits per heavy atom. The van der Waals surface area contributed by atoms with Gasteiger partial charge in [-0.2, -0.15) is 0 Å². The van der Waals surface area contributed by atoms with Crippen molar-refractivity contribution in [3.05, 3.63) is 83.7 Å². The molecule has 0 aliphatic rings. The smallest absolute Gasteiger partial charge is 0.263 e. The number of hydrogen-bond donors (Lipinski definition) is 2. The standard InChI is InChI=1S/C22H19FN4O2S/c1-14-7-3-4-8-17(14)24-21-22(26-19-10-6-5-9-18(19)25-21)27-30(28,29)20-12-11-16(23)13-15(20)2/h3-13H,1-2H3,(H,24,25)(H,26,27). The van der Waals surface area contributed by atoms with Crippen LogP contribution in [0.2, 0.25) is 0 Å². The van der Waals surface area contributed by atoms with E-state index in [1.165, 1.54) is 19.1 Å². The molecule has 4 rings (SSSR count). The van der Waals surface area contributed by atoms with Crippen LogP contribution in [0.25, 0.3) is 11.0 Å². The van der Waals surface area contributed by atoms with Gasteiger partial charge in [-0.3, -0.25) is 4.72 Å². The fourth-order valence-corrected chi connectivity index (χ4v) is 4.33. The lowest BCUT2D eigenvalue weighted by atomic mass is 10.2. The van der Waals surface area contributed by atoms with Crippen LogP contribution >= 0.6 is 0 Å². The van der Waals surface area contributed by atoms with E-state index in [4.69, 9.17) is 0 Å². The zero-order chi connectivity index (χ0) is 21.3. The molecule has 0 amide bonds. The lowest BCUT2D eigenvalue weighted by Gasteiger charge is -2.15.